The van der Waals surface area contributed by atoms with Crippen molar-refractivity contribution in [3.8, 4) is 0 Å². The SMILES string of the molecule is C[C@@H](C(=O)Nc1cc(F)ccc1F)N(C)Cc1nc2ccccc2c(=O)[nH]1. The molecule has 0 fully saturated rings. The number of fused-ring (bicyclic) bond motifs is 1. The molecule has 0 saturated carbocycles. The fraction of sp³-hybridized carbons (Fsp3) is 0.211. The number of carbonyl (C=O) groups is 1. The van der Waals surface area contributed by atoms with Crippen molar-refractivity contribution in [1.29, 1.82) is 0 Å². The molecule has 0 saturated heterocycles. The Balaban J connectivity index is 1.73. The van der Waals surface area contributed by atoms with E-state index in [1.807, 2.05) is 0 Å². The number of carbonyl (C=O) groups excluding carboxylic acids is 1. The van der Waals surface area contributed by atoms with Crippen LogP contribution >= 0.6 is 0 Å². The maximum Gasteiger partial charge on any atom is 0.258 e. The van der Waals surface area contributed by atoms with E-state index in [1.54, 1.807) is 43.1 Å². The zero-order valence-electron chi connectivity index (χ0n) is 14.8. The Morgan fingerprint density at radius 2 is 2.00 bits per heavy atom. The summed E-state index contributed by atoms with van der Waals surface area (Å²) in [5.74, 6) is -1.48. The van der Waals surface area contributed by atoms with E-state index in [0.29, 0.717) is 16.7 Å². The lowest BCUT2D eigenvalue weighted by molar-refractivity contribution is -0.120. The zero-order chi connectivity index (χ0) is 19.6. The van der Waals surface area contributed by atoms with E-state index in [-0.39, 0.29) is 17.8 Å². The van der Waals surface area contributed by atoms with Gasteiger partial charge >= 0.3 is 0 Å². The summed E-state index contributed by atoms with van der Waals surface area (Å²) in [5.41, 5.74) is 0.0732. The Morgan fingerprint density at radius 3 is 2.78 bits per heavy atom. The molecule has 6 nitrogen and oxygen atoms in total. The van der Waals surface area contributed by atoms with Gasteiger partial charge in [0, 0.05) is 6.07 Å². The quantitative estimate of drug-likeness (QED) is 0.722. The van der Waals surface area contributed by atoms with Gasteiger partial charge in [0.15, 0.2) is 0 Å². The van der Waals surface area contributed by atoms with Crippen molar-refractivity contribution in [2.75, 3.05) is 12.4 Å². The molecule has 1 aromatic heterocycles. The van der Waals surface area contributed by atoms with Gasteiger partial charge in [-0.3, -0.25) is 14.5 Å². The van der Waals surface area contributed by atoms with Crippen LogP contribution in [0.15, 0.2) is 47.3 Å². The molecule has 0 bridgehead atoms. The summed E-state index contributed by atoms with van der Waals surface area (Å²) in [6.07, 6.45) is 0. The maximum atomic E-state index is 13.7. The lowest BCUT2D eigenvalue weighted by Crippen LogP contribution is -2.40. The van der Waals surface area contributed by atoms with Crippen LogP contribution in [-0.4, -0.2) is 33.9 Å². The molecule has 0 aliphatic carbocycles. The van der Waals surface area contributed by atoms with Gasteiger partial charge < -0.3 is 10.3 Å². The second kappa shape index (κ2) is 7.63. The third-order valence-electron chi connectivity index (χ3n) is 4.29. The number of hydrogen-bond donors (Lipinski definition) is 2. The number of halogens is 2. The third kappa shape index (κ3) is 4.17. The summed E-state index contributed by atoms with van der Waals surface area (Å²) >= 11 is 0. The number of amides is 1. The number of hydrogen-bond acceptors (Lipinski definition) is 4. The molecular formula is C19H18F2N4O2. The van der Waals surface area contributed by atoms with Gasteiger partial charge in [-0.2, -0.15) is 0 Å². The summed E-state index contributed by atoms with van der Waals surface area (Å²) in [6, 6.07) is 9.11. The van der Waals surface area contributed by atoms with E-state index in [1.165, 1.54) is 0 Å². The van der Waals surface area contributed by atoms with Gasteiger partial charge in [-0.05, 0) is 38.2 Å². The molecule has 3 aromatic rings. The van der Waals surface area contributed by atoms with E-state index in [9.17, 15) is 18.4 Å². The second-order valence-corrected chi connectivity index (χ2v) is 6.23. The summed E-state index contributed by atoms with van der Waals surface area (Å²) in [7, 11) is 1.67. The highest BCUT2D eigenvalue weighted by Gasteiger charge is 2.20. The number of benzene rings is 2. The number of likely N-dealkylation sites (N-methyl/N-ethyl adjacent to an activating group) is 1. The molecule has 2 N–H and O–H groups in total. The number of para-hydroxylation sites is 1. The van der Waals surface area contributed by atoms with Crippen LogP contribution in [0.1, 0.15) is 12.7 Å². The van der Waals surface area contributed by atoms with Gasteiger partial charge in [0.25, 0.3) is 5.56 Å². The Labute approximate surface area is 153 Å². The summed E-state index contributed by atoms with van der Waals surface area (Å²) in [6.45, 7) is 1.81. The highest BCUT2D eigenvalue weighted by molar-refractivity contribution is 5.94. The normalized spacial score (nSPS) is 12.3. The van der Waals surface area contributed by atoms with E-state index in [0.717, 1.165) is 18.2 Å². The fourth-order valence-corrected chi connectivity index (χ4v) is 2.61. The van der Waals surface area contributed by atoms with E-state index < -0.39 is 23.6 Å². The molecule has 27 heavy (non-hydrogen) atoms. The summed E-state index contributed by atoms with van der Waals surface area (Å²) in [4.78, 5) is 33.2. The fourth-order valence-electron chi connectivity index (χ4n) is 2.61. The molecular weight excluding hydrogens is 354 g/mol. The van der Waals surface area contributed by atoms with Crippen LogP contribution in [0.4, 0.5) is 14.5 Å². The molecule has 8 heteroatoms. The van der Waals surface area contributed by atoms with Crippen molar-refractivity contribution in [3.63, 3.8) is 0 Å². The molecule has 0 aliphatic rings. The standard InChI is InChI=1S/C19H18F2N4O2/c1-11(18(26)23-16-9-12(20)7-8-14(16)21)25(2)10-17-22-15-6-4-3-5-13(15)19(27)24-17/h3-9,11H,10H2,1-2H3,(H,23,26)(H,22,24,27)/t11-/m0/s1. The Morgan fingerprint density at radius 1 is 1.26 bits per heavy atom. The Bertz CT molecular complexity index is 1050. The average molecular weight is 372 g/mol. The van der Waals surface area contributed by atoms with Crippen LogP contribution in [0.2, 0.25) is 0 Å². The van der Waals surface area contributed by atoms with Crippen LogP contribution < -0.4 is 10.9 Å². The number of aromatic nitrogens is 2. The molecule has 0 aliphatic heterocycles. The lowest BCUT2D eigenvalue weighted by atomic mass is 10.2. The second-order valence-electron chi connectivity index (χ2n) is 6.23. The molecule has 0 unspecified atom stereocenters. The van der Waals surface area contributed by atoms with Crippen LogP contribution in [0.3, 0.4) is 0 Å². The molecule has 1 amide bonds. The molecule has 0 spiro atoms. The molecule has 2 aromatic carbocycles. The number of anilines is 1. The first-order valence-corrected chi connectivity index (χ1v) is 8.29. The minimum absolute atomic E-state index is 0.195. The Kier molecular flexibility index (Phi) is 5.27. The van der Waals surface area contributed by atoms with Gasteiger partial charge in [0.1, 0.15) is 17.5 Å². The Hall–Kier alpha value is -3.13. The predicted octanol–water partition coefficient (Wildman–Crippen LogP) is 2.66. The van der Waals surface area contributed by atoms with Gasteiger partial charge in [-0.1, -0.05) is 12.1 Å². The van der Waals surface area contributed by atoms with Gasteiger partial charge in [0.05, 0.1) is 29.2 Å². The van der Waals surface area contributed by atoms with Gasteiger partial charge in [0.2, 0.25) is 5.91 Å². The van der Waals surface area contributed by atoms with Crippen LogP contribution in [0.5, 0.6) is 0 Å². The topological polar surface area (TPSA) is 78.1 Å². The number of rotatable bonds is 5. The number of aromatic amines is 1. The molecule has 140 valence electrons. The minimum atomic E-state index is -0.722. The van der Waals surface area contributed by atoms with Crippen molar-refractivity contribution in [2.45, 2.75) is 19.5 Å². The highest BCUT2D eigenvalue weighted by atomic mass is 19.1. The van der Waals surface area contributed by atoms with Crippen LogP contribution in [0, 0.1) is 11.6 Å². The summed E-state index contributed by atoms with van der Waals surface area (Å²) in [5, 5.41) is 2.85. The van der Waals surface area contributed by atoms with Crippen molar-refractivity contribution in [3.05, 3.63) is 70.3 Å². The highest BCUT2D eigenvalue weighted by Crippen LogP contribution is 2.16. The van der Waals surface area contributed by atoms with Crippen LogP contribution in [0.25, 0.3) is 10.9 Å². The van der Waals surface area contributed by atoms with E-state index in [4.69, 9.17) is 0 Å². The largest absolute Gasteiger partial charge is 0.322 e. The first kappa shape index (κ1) is 18.7. The first-order valence-electron chi connectivity index (χ1n) is 8.29. The monoisotopic (exact) mass is 372 g/mol. The van der Waals surface area contributed by atoms with Crippen LogP contribution in [-0.2, 0) is 11.3 Å². The van der Waals surface area contributed by atoms with Gasteiger partial charge in [-0.25, -0.2) is 13.8 Å². The molecule has 0 radical (unpaired) electrons. The van der Waals surface area contributed by atoms with E-state index >= 15 is 0 Å². The number of H-pyrrole nitrogens is 1. The van der Waals surface area contributed by atoms with Crippen molar-refractivity contribution in [1.82, 2.24) is 14.9 Å². The van der Waals surface area contributed by atoms with Gasteiger partial charge in [-0.15, -0.1) is 0 Å². The zero-order valence-corrected chi connectivity index (χ0v) is 14.8. The van der Waals surface area contributed by atoms with Crippen molar-refractivity contribution in [2.24, 2.45) is 0 Å². The first-order chi connectivity index (χ1) is 12.8. The number of nitrogens with one attached hydrogen (secondary N) is 2. The smallest absolute Gasteiger partial charge is 0.258 e. The predicted molar refractivity (Wildman–Crippen MR) is 98.3 cm³/mol. The lowest BCUT2D eigenvalue weighted by Gasteiger charge is -2.23. The molecule has 1 heterocycles. The number of nitrogens with zero attached hydrogens (tertiary/aromatic N) is 2. The van der Waals surface area contributed by atoms with Crippen molar-refractivity contribution >= 4 is 22.5 Å². The maximum absolute atomic E-state index is 13.7. The van der Waals surface area contributed by atoms with Crippen molar-refractivity contribution < 1.29 is 13.6 Å². The van der Waals surface area contributed by atoms with E-state index in [2.05, 4.69) is 15.3 Å². The molecule has 3 rings (SSSR count). The average Bonchev–Trinajstić information content (AvgIpc) is 2.64. The minimum Gasteiger partial charge on any atom is -0.322 e. The summed E-state index contributed by atoms with van der Waals surface area (Å²) < 4.78 is 26.9. The molecule has 1 atom stereocenters. The third-order valence-corrected chi connectivity index (χ3v) is 4.29.